The van der Waals surface area contributed by atoms with E-state index in [1.807, 2.05) is 12.3 Å². The van der Waals surface area contributed by atoms with Crippen molar-refractivity contribution in [2.75, 3.05) is 18.4 Å². The van der Waals surface area contributed by atoms with E-state index in [9.17, 15) is 0 Å². The molecule has 1 unspecified atom stereocenters. The summed E-state index contributed by atoms with van der Waals surface area (Å²) >= 11 is 0. The van der Waals surface area contributed by atoms with Gasteiger partial charge in [0.05, 0.1) is 0 Å². The van der Waals surface area contributed by atoms with Crippen molar-refractivity contribution < 1.29 is 0 Å². The van der Waals surface area contributed by atoms with Gasteiger partial charge in [0.25, 0.3) is 0 Å². The van der Waals surface area contributed by atoms with E-state index in [0.717, 1.165) is 18.2 Å². The Labute approximate surface area is 110 Å². The Morgan fingerprint density at radius 1 is 1.33 bits per heavy atom. The van der Waals surface area contributed by atoms with E-state index in [0.29, 0.717) is 18.0 Å². The molecule has 0 spiro atoms. The lowest BCUT2D eigenvalue weighted by Gasteiger charge is -2.20. The molecule has 0 bridgehead atoms. The molecule has 0 saturated carbocycles. The predicted octanol–water partition coefficient (Wildman–Crippen LogP) is 2.49. The van der Waals surface area contributed by atoms with Gasteiger partial charge in [0.15, 0.2) is 0 Å². The first-order chi connectivity index (χ1) is 8.56. The highest BCUT2D eigenvalue weighted by Gasteiger charge is 2.24. The first-order valence-electron chi connectivity index (χ1n) is 6.89. The Balaban J connectivity index is 1.96. The minimum Gasteiger partial charge on any atom is -0.366 e. The second kappa shape index (κ2) is 5.65. The van der Waals surface area contributed by atoms with Gasteiger partial charge in [-0.2, -0.15) is 0 Å². The van der Waals surface area contributed by atoms with Crippen LogP contribution in [0.15, 0.2) is 12.3 Å². The summed E-state index contributed by atoms with van der Waals surface area (Å²) in [5.74, 6) is 2.26. The van der Waals surface area contributed by atoms with E-state index in [1.165, 1.54) is 13.0 Å². The van der Waals surface area contributed by atoms with Gasteiger partial charge in [0.1, 0.15) is 11.6 Å². The quantitative estimate of drug-likeness (QED) is 0.889. The highest BCUT2D eigenvalue weighted by atomic mass is 15.2. The lowest BCUT2D eigenvalue weighted by molar-refractivity contribution is 0.274. The van der Waals surface area contributed by atoms with E-state index in [1.54, 1.807) is 0 Å². The van der Waals surface area contributed by atoms with Crippen LogP contribution in [0, 0.1) is 0 Å². The van der Waals surface area contributed by atoms with Crippen LogP contribution in [0.4, 0.5) is 5.82 Å². The molecule has 1 fully saturated rings. The van der Waals surface area contributed by atoms with Gasteiger partial charge in [0.2, 0.25) is 0 Å². The van der Waals surface area contributed by atoms with Crippen LogP contribution in [0.2, 0.25) is 0 Å². The van der Waals surface area contributed by atoms with Crippen molar-refractivity contribution >= 4 is 5.82 Å². The van der Waals surface area contributed by atoms with Gasteiger partial charge < -0.3 is 5.32 Å². The van der Waals surface area contributed by atoms with Crippen LogP contribution in [0.1, 0.15) is 45.9 Å². The lowest BCUT2D eigenvalue weighted by atomic mass is 10.2. The van der Waals surface area contributed by atoms with Crippen molar-refractivity contribution in [1.82, 2.24) is 14.9 Å². The molecule has 1 aliphatic heterocycles. The molecule has 0 aromatic carbocycles. The number of likely N-dealkylation sites (tertiary alicyclic amines) is 1. The molecule has 1 saturated heterocycles. The molecule has 0 aliphatic carbocycles. The van der Waals surface area contributed by atoms with Gasteiger partial charge in [-0.1, -0.05) is 13.8 Å². The SMILES string of the molecule is CC(C)c1nccc(NC2CCN(C(C)C)C2)n1. The fraction of sp³-hybridized carbons (Fsp3) is 0.714. The average Bonchev–Trinajstić information content (AvgIpc) is 2.78. The van der Waals surface area contributed by atoms with Gasteiger partial charge in [-0.25, -0.2) is 9.97 Å². The highest BCUT2D eigenvalue weighted by molar-refractivity contribution is 5.35. The van der Waals surface area contributed by atoms with Crippen LogP contribution < -0.4 is 5.32 Å². The van der Waals surface area contributed by atoms with Crippen LogP contribution in [-0.2, 0) is 0 Å². The summed E-state index contributed by atoms with van der Waals surface area (Å²) < 4.78 is 0. The molecular formula is C14H24N4. The molecule has 0 amide bonds. The summed E-state index contributed by atoms with van der Waals surface area (Å²) in [4.78, 5) is 11.4. The van der Waals surface area contributed by atoms with Gasteiger partial charge in [-0.15, -0.1) is 0 Å². The monoisotopic (exact) mass is 248 g/mol. The van der Waals surface area contributed by atoms with E-state index in [2.05, 4.69) is 47.9 Å². The maximum absolute atomic E-state index is 4.56. The first-order valence-corrected chi connectivity index (χ1v) is 6.89. The van der Waals surface area contributed by atoms with Crippen molar-refractivity contribution in [1.29, 1.82) is 0 Å². The Hall–Kier alpha value is -1.16. The smallest absolute Gasteiger partial charge is 0.133 e. The summed E-state index contributed by atoms with van der Waals surface area (Å²) in [7, 11) is 0. The third-order valence-electron chi connectivity index (χ3n) is 3.49. The normalized spacial score (nSPS) is 20.9. The zero-order chi connectivity index (χ0) is 13.1. The molecule has 1 aromatic heterocycles. The second-order valence-corrected chi connectivity index (χ2v) is 5.67. The number of nitrogens with zero attached hydrogens (tertiary/aromatic N) is 3. The Morgan fingerprint density at radius 3 is 2.72 bits per heavy atom. The minimum absolute atomic E-state index is 0.377. The van der Waals surface area contributed by atoms with Crippen LogP contribution in [0.5, 0.6) is 0 Å². The number of anilines is 1. The largest absolute Gasteiger partial charge is 0.366 e. The fourth-order valence-corrected chi connectivity index (χ4v) is 2.32. The molecule has 4 nitrogen and oxygen atoms in total. The molecule has 0 radical (unpaired) electrons. The Kier molecular flexibility index (Phi) is 4.17. The highest BCUT2D eigenvalue weighted by Crippen LogP contribution is 2.17. The van der Waals surface area contributed by atoms with Crippen molar-refractivity contribution in [3.8, 4) is 0 Å². The predicted molar refractivity (Wildman–Crippen MR) is 74.9 cm³/mol. The molecule has 2 rings (SSSR count). The van der Waals surface area contributed by atoms with Crippen molar-refractivity contribution in [2.24, 2.45) is 0 Å². The number of nitrogens with one attached hydrogen (secondary N) is 1. The molecular weight excluding hydrogens is 224 g/mol. The molecule has 18 heavy (non-hydrogen) atoms. The molecule has 1 aliphatic rings. The fourth-order valence-electron chi connectivity index (χ4n) is 2.32. The third kappa shape index (κ3) is 3.19. The van der Waals surface area contributed by atoms with Crippen LogP contribution in [0.25, 0.3) is 0 Å². The average molecular weight is 248 g/mol. The maximum atomic E-state index is 4.56. The van der Waals surface area contributed by atoms with Crippen molar-refractivity contribution in [2.45, 2.75) is 52.1 Å². The molecule has 1 aromatic rings. The Bertz CT molecular complexity index is 389. The van der Waals surface area contributed by atoms with E-state index < -0.39 is 0 Å². The lowest BCUT2D eigenvalue weighted by Crippen LogP contribution is -2.31. The van der Waals surface area contributed by atoms with Crippen LogP contribution in [-0.4, -0.2) is 40.0 Å². The second-order valence-electron chi connectivity index (χ2n) is 5.67. The van der Waals surface area contributed by atoms with E-state index >= 15 is 0 Å². The summed E-state index contributed by atoms with van der Waals surface area (Å²) in [5.41, 5.74) is 0. The van der Waals surface area contributed by atoms with Gasteiger partial charge in [-0.3, -0.25) is 4.90 Å². The van der Waals surface area contributed by atoms with Crippen LogP contribution in [0.3, 0.4) is 0 Å². The summed E-state index contributed by atoms with van der Waals surface area (Å²) in [6.07, 6.45) is 3.04. The van der Waals surface area contributed by atoms with Gasteiger partial charge in [-0.05, 0) is 26.3 Å². The Morgan fingerprint density at radius 2 is 2.11 bits per heavy atom. The van der Waals surface area contributed by atoms with E-state index in [-0.39, 0.29) is 0 Å². The first kappa shape index (κ1) is 13.3. The summed E-state index contributed by atoms with van der Waals surface area (Å²) in [6, 6.07) is 3.11. The standard InChI is InChI=1S/C14H24N4/c1-10(2)14-15-7-5-13(17-14)16-12-6-8-18(9-12)11(3)4/h5,7,10-12H,6,8-9H2,1-4H3,(H,15,16,17). The molecule has 1 N–H and O–H groups in total. The summed E-state index contributed by atoms with van der Waals surface area (Å²) in [6.45, 7) is 11.0. The minimum atomic E-state index is 0.377. The molecule has 2 heterocycles. The van der Waals surface area contributed by atoms with Crippen LogP contribution >= 0.6 is 0 Å². The van der Waals surface area contributed by atoms with Crippen molar-refractivity contribution in [3.63, 3.8) is 0 Å². The van der Waals surface area contributed by atoms with Gasteiger partial charge >= 0.3 is 0 Å². The summed E-state index contributed by atoms with van der Waals surface area (Å²) in [5, 5.41) is 3.53. The molecule has 100 valence electrons. The molecule has 4 heteroatoms. The number of aromatic nitrogens is 2. The van der Waals surface area contributed by atoms with E-state index in [4.69, 9.17) is 0 Å². The number of hydrogen-bond donors (Lipinski definition) is 1. The number of rotatable bonds is 4. The number of hydrogen-bond acceptors (Lipinski definition) is 4. The molecule has 1 atom stereocenters. The van der Waals surface area contributed by atoms with Gasteiger partial charge in [0, 0.05) is 37.3 Å². The maximum Gasteiger partial charge on any atom is 0.133 e. The third-order valence-corrected chi connectivity index (χ3v) is 3.49. The zero-order valence-electron chi connectivity index (χ0n) is 11.8. The van der Waals surface area contributed by atoms with Crippen molar-refractivity contribution in [3.05, 3.63) is 18.1 Å². The zero-order valence-corrected chi connectivity index (χ0v) is 11.8. The topological polar surface area (TPSA) is 41.1 Å².